The van der Waals surface area contributed by atoms with Gasteiger partial charge < -0.3 is 4.74 Å². The van der Waals surface area contributed by atoms with Crippen LogP contribution >= 0.6 is 11.8 Å². The molecule has 0 amide bonds. The van der Waals surface area contributed by atoms with Gasteiger partial charge in [0.15, 0.2) is 0 Å². The molecule has 1 aliphatic heterocycles. The lowest BCUT2D eigenvalue weighted by molar-refractivity contribution is 0.1000. The van der Waals surface area contributed by atoms with Gasteiger partial charge in [-0.3, -0.25) is 5.32 Å². The molecule has 1 heterocycles. The molecule has 2 rings (SSSR count). The fourth-order valence-electron chi connectivity index (χ4n) is 2.26. The summed E-state index contributed by atoms with van der Waals surface area (Å²) in [7, 11) is 1.86. The van der Waals surface area contributed by atoms with E-state index in [-0.39, 0.29) is 0 Å². The van der Waals surface area contributed by atoms with E-state index < -0.39 is 5.54 Å². The topological polar surface area (TPSA) is 45.0 Å². The molecule has 1 aromatic rings. The lowest BCUT2D eigenvalue weighted by Crippen LogP contribution is -2.41. The van der Waals surface area contributed by atoms with Crippen LogP contribution in [0.2, 0.25) is 0 Å². The molecule has 1 saturated heterocycles. The Bertz CT molecular complexity index is 426. The molecule has 0 saturated carbocycles. The maximum absolute atomic E-state index is 9.61. The van der Waals surface area contributed by atoms with Gasteiger partial charge in [0.25, 0.3) is 0 Å². The number of benzene rings is 1. The van der Waals surface area contributed by atoms with Crippen molar-refractivity contribution in [2.75, 3.05) is 26.0 Å². The lowest BCUT2D eigenvalue weighted by atomic mass is 9.94. The van der Waals surface area contributed by atoms with E-state index in [2.05, 4.69) is 11.4 Å². The van der Waals surface area contributed by atoms with E-state index in [4.69, 9.17) is 4.74 Å². The first-order valence-corrected chi connectivity index (χ1v) is 7.70. The molecule has 0 spiro atoms. The summed E-state index contributed by atoms with van der Waals surface area (Å²) in [5.41, 5.74) is 0.448. The van der Waals surface area contributed by atoms with E-state index in [9.17, 15) is 5.26 Å². The highest BCUT2D eigenvalue weighted by molar-refractivity contribution is 7.99. The summed E-state index contributed by atoms with van der Waals surface area (Å²) in [6.45, 7) is 1.70. The number of ether oxygens (including phenoxy) is 1. The average Bonchev–Trinajstić information content (AvgIpc) is 2.51. The minimum Gasteiger partial charge on any atom is -0.381 e. The number of nitrogens with one attached hydrogen (secondary N) is 1. The molecule has 19 heavy (non-hydrogen) atoms. The first kappa shape index (κ1) is 14.4. The largest absolute Gasteiger partial charge is 0.381 e. The van der Waals surface area contributed by atoms with Gasteiger partial charge in [0, 0.05) is 24.2 Å². The van der Waals surface area contributed by atoms with E-state index in [0.29, 0.717) is 5.25 Å². The van der Waals surface area contributed by atoms with Crippen LogP contribution in [0, 0.1) is 11.3 Å². The number of nitrogens with zero attached hydrogens (tertiary/aromatic N) is 1. The van der Waals surface area contributed by atoms with E-state index in [0.717, 1.165) is 37.4 Å². The van der Waals surface area contributed by atoms with Crippen LogP contribution in [0.1, 0.15) is 18.4 Å². The van der Waals surface area contributed by atoms with Crippen molar-refractivity contribution in [3.8, 4) is 6.07 Å². The smallest absolute Gasteiger partial charge is 0.141 e. The van der Waals surface area contributed by atoms with Crippen LogP contribution < -0.4 is 5.32 Å². The highest BCUT2D eigenvalue weighted by atomic mass is 32.2. The van der Waals surface area contributed by atoms with Crippen molar-refractivity contribution in [2.45, 2.75) is 23.6 Å². The fourth-order valence-corrected chi connectivity index (χ4v) is 3.65. The molecule has 4 heteroatoms. The Hall–Kier alpha value is -1.02. The molecule has 1 fully saturated rings. The molecular weight excluding hydrogens is 256 g/mol. The van der Waals surface area contributed by atoms with Gasteiger partial charge in [0.05, 0.1) is 6.07 Å². The number of hydrogen-bond acceptors (Lipinski definition) is 4. The molecular formula is C15H20N2OS. The predicted octanol–water partition coefficient (Wildman–Crippen LogP) is 2.54. The normalized spacial score (nSPS) is 19.6. The third-order valence-corrected chi connectivity index (χ3v) is 5.13. The van der Waals surface area contributed by atoms with Gasteiger partial charge in [-0.25, -0.2) is 0 Å². The van der Waals surface area contributed by atoms with Crippen molar-refractivity contribution >= 4 is 11.8 Å². The molecule has 3 nitrogen and oxygen atoms in total. The Kier molecular flexibility index (Phi) is 5.26. The van der Waals surface area contributed by atoms with Gasteiger partial charge in [-0.1, -0.05) is 30.3 Å². The fraction of sp³-hybridized carbons (Fsp3) is 0.533. The second-order valence-electron chi connectivity index (χ2n) is 4.76. The average molecular weight is 276 g/mol. The Morgan fingerprint density at radius 1 is 1.37 bits per heavy atom. The molecule has 1 unspecified atom stereocenters. The predicted molar refractivity (Wildman–Crippen MR) is 79.1 cm³/mol. The first-order valence-electron chi connectivity index (χ1n) is 6.66. The van der Waals surface area contributed by atoms with E-state index >= 15 is 0 Å². The summed E-state index contributed by atoms with van der Waals surface area (Å²) >= 11 is 1.88. The zero-order valence-corrected chi connectivity index (χ0v) is 12.1. The van der Waals surface area contributed by atoms with Crippen molar-refractivity contribution in [3.63, 3.8) is 0 Å². The Morgan fingerprint density at radius 3 is 2.63 bits per heavy atom. The minimum atomic E-state index is -0.593. The van der Waals surface area contributed by atoms with Crippen molar-refractivity contribution in [1.82, 2.24) is 5.32 Å². The van der Waals surface area contributed by atoms with Crippen LogP contribution in [0.25, 0.3) is 0 Å². The van der Waals surface area contributed by atoms with Gasteiger partial charge in [0.1, 0.15) is 5.54 Å². The van der Waals surface area contributed by atoms with Crippen LogP contribution in [0.4, 0.5) is 0 Å². The summed E-state index contributed by atoms with van der Waals surface area (Å²) in [6, 6.07) is 12.4. The van der Waals surface area contributed by atoms with Gasteiger partial charge in [-0.05, 0) is 25.5 Å². The minimum absolute atomic E-state index is 0.593. The third kappa shape index (κ3) is 3.50. The molecule has 0 aromatic heterocycles. The molecule has 1 N–H and O–H groups in total. The summed E-state index contributed by atoms with van der Waals surface area (Å²) < 4.78 is 5.37. The van der Waals surface area contributed by atoms with Gasteiger partial charge in [-0.15, -0.1) is 0 Å². The van der Waals surface area contributed by atoms with E-state index in [1.54, 1.807) is 0 Å². The Morgan fingerprint density at radius 2 is 2.05 bits per heavy atom. The van der Waals surface area contributed by atoms with Crippen molar-refractivity contribution < 1.29 is 4.74 Å². The zero-order chi connectivity index (χ0) is 13.6. The van der Waals surface area contributed by atoms with Crippen LogP contribution in [-0.2, 0) is 10.3 Å². The summed E-state index contributed by atoms with van der Waals surface area (Å²) in [6.07, 6.45) is 2.18. The molecule has 1 atom stereocenters. The van der Waals surface area contributed by atoms with Crippen LogP contribution in [0.15, 0.2) is 30.3 Å². The Labute approximate surface area is 119 Å². The first-order chi connectivity index (χ1) is 9.30. The molecule has 102 valence electrons. The summed E-state index contributed by atoms with van der Waals surface area (Å²) in [4.78, 5) is 0. The standard InChI is InChI=1S/C15H20N2OS/c1-17-15(11-16,13-5-3-2-4-6-13)12-19-14-7-9-18-10-8-14/h2-6,14,17H,7-10,12H2,1H3. The highest BCUT2D eigenvalue weighted by Crippen LogP contribution is 2.30. The van der Waals surface area contributed by atoms with Crippen molar-refractivity contribution in [2.24, 2.45) is 0 Å². The number of rotatable bonds is 5. The summed E-state index contributed by atoms with van der Waals surface area (Å²) in [5, 5.41) is 13.4. The van der Waals surface area contributed by atoms with Gasteiger partial charge in [-0.2, -0.15) is 17.0 Å². The van der Waals surface area contributed by atoms with E-state index in [1.165, 1.54) is 0 Å². The van der Waals surface area contributed by atoms with Crippen molar-refractivity contribution in [1.29, 1.82) is 5.26 Å². The van der Waals surface area contributed by atoms with Crippen LogP contribution in [-0.4, -0.2) is 31.3 Å². The second kappa shape index (κ2) is 6.95. The van der Waals surface area contributed by atoms with Crippen LogP contribution in [0.5, 0.6) is 0 Å². The maximum Gasteiger partial charge on any atom is 0.141 e. The monoisotopic (exact) mass is 276 g/mol. The number of thioether (sulfide) groups is 1. The molecule has 1 aromatic carbocycles. The Balaban J connectivity index is 2.05. The zero-order valence-electron chi connectivity index (χ0n) is 11.3. The number of hydrogen-bond donors (Lipinski definition) is 1. The quantitative estimate of drug-likeness (QED) is 0.897. The summed E-state index contributed by atoms with van der Waals surface area (Å²) in [5.74, 6) is 0.772. The second-order valence-corrected chi connectivity index (χ2v) is 6.04. The lowest BCUT2D eigenvalue weighted by Gasteiger charge is -2.29. The highest BCUT2D eigenvalue weighted by Gasteiger charge is 2.31. The van der Waals surface area contributed by atoms with E-state index in [1.807, 2.05) is 49.1 Å². The SMILES string of the molecule is CNC(C#N)(CSC1CCOCC1)c1ccccc1. The maximum atomic E-state index is 9.61. The molecule has 1 aliphatic rings. The molecule has 0 radical (unpaired) electrons. The third-order valence-electron chi connectivity index (χ3n) is 3.59. The van der Waals surface area contributed by atoms with Gasteiger partial charge >= 0.3 is 0 Å². The van der Waals surface area contributed by atoms with Crippen molar-refractivity contribution in [3.05, 3.63) is 35.9 Å². The molecule has 0 aliphatic carbocycles. The van der Waals surface area contributed by atoms with Gasteiger partial charge in [0.2, 0.25) is 0 Å². The number of nitriles is 1. The van der Waals surface area contributed by atoms with Crippen LogP contribution in [0.3, 0.4) is 0 Å². The molecule has 0 bridgehead atoms.